The second-order valence-corrected chi connectivity index (χ2v) is 5.04. The summed E-state index contributed by atoms with van der Waals surface area (Å²) < 4.78 is 20.3. The standard InChI is InChI=1S/C13H16FN5O/c1-8(9-4-5-20-7-9)19-13(16-17-18-19)11-3-2-10(14)6-12(11)15/h2-3,6,8-9H,4-5,7,15H2,1H3. The fourth-order valence-corrected chi connectivity index (χ4v) is 2.52. The molecule has 1 fully saturated rings. The predicted octanol–water partition coefficient (Wildman–Crippen LogP) is 1.66. The Labute approximate surface area is 115 Å². The smallest absolute Gasteiger partial charge is 0.184 e. The first kappa shape index (κ1) is 13.0. The van der Waals surface area contributed by atoms with Gasteiger partial charge in [0.2, 0.25) is 0 Å². The van der Waals surface area contributed by atoms with Gasteiger partial charge in [-0.1, -0.05) is 0 Å². The molecule has 0 aliphatic carbocycles. The lowest BCUT2D eigenvalue weighted by Gasteiger charge is -2.19. The van der Waals surface area contributed by atoms with E-state index in [0.717, 1.165) is 13.0 Å². The van der Waals surface area contributed by atoms with Crippen molar-refractivity contribution in [3.8, 4) is 11.4 Å². The van der Waals surface area contributed by atoms with Crippen molar-refractivity contribution in [1.29, 1.82) is 0 Å². The molecule has 3 rings (SSSR count). The highest BCUT2D eigenvalue weighted by Gasteiger charge is 2.27. The predicted molar refractivity (Wildman–Crippen MR) is 71.3 cm³/mol. The average molecular weight is 277 g/mol. The van der Waals surface area contributed by atoms with E-state index in [0.29, 0.717) is 29.6 Å². The maximum atomic E-state index is 13.1. The van der Waals surface area contributed by atoms with E-state index in [1.54, 1.807) is 10.7 Å². The number of tetrazole rings is 1. The SMILES string of the molecule is CC(C1CCOC1)n1nnnc1-c1ccc(F)cc1N. The van der Waals surface area contributed by atoms with Crippen molar-refractivity contribution in [3.05, 3.63) is 24.0 Å². The van der Waals surface area contributed by atoms with Crippen LogP contribution >= 0.6 is 0 Å². The van der Waals surface area contributed by atoms with E-state index in [9.17, 15) is 4.39 Å². The van der Waals surface area contributed by atoms with Gasteiger partial charge in [-0.2, -0.15) is 0 Å². The van der Waals surface area contributed by atoms with Gasteiger partial charge in [0.25, 0.3) is 0 Å². The van der Waals surface area contributed by atoms with Crippen LogP contribution in [0.5, 0.6) is 0 Å². The van der Waals surface area contributed by atoms with Gasteiger partial charge >= 0.3 is 0 Å². The van der Waals surface area contributed by atoms with Crippen molar-refractivity contribution in [2.24, 2.45) is 5.92 Å². The van der Waals surface area contributed by atoms with Gasteiger partial charge in [0.1, 0.15) is 5.82 Å². The molecule has 6 nitrogen and oxygen atoms in total. The summed E-state index contributed by atoms with van der Waals surface area (Å²) in [6.07, 6.45) is 0.985. The fourth-order valence-electron chi connectivity index (χ4n) is 2.52. The van der Waals surface area contributed by atoms with Crippen LogP contribution < -0.4 is 5.73 Å². The molecule has 0 radical (unpaired) electrons. The summed E-state index contributed by atoms with van der Waals surface area (Å²) in [6, 6.07) is 4.34. The van der Waals surface area contributed by atoms with Crippen molar-refractivity contribution >= 4 is 5.69 Å². The van der Waals surface area contributed by atoms with Crippen LogP contribution in [-0.2, 0) is 4.74 Å². The molecule has 7 heteroatoms. The number of benzene rings is 1. The van der Waals surface area contributed by atoms with Gasteiger partial charge in [-0.25, -0.2) is 9.07 Å². The number of halogens is 1. The Morgan fingerprint density at radius 3 is 3.05 bits per heavy atom. The molecular formula is C13H16FN5O. The molecule has 20 heavy (non-hydrogen) atoms. The Hall–Kier alpha value is -2.02. The van der Waals surface area contributed by atoms with Crippen LogP contribution in [0.3, 0.4) is 0 Å². The highest BCUT2D eigenvalue weighted by molar-refractivity contribution is 5.71. The summed E-state index contributed by atoms with van der Waals surface area (Å²) in [5.74, 6) is 0.559. The van der Waals surface area contributed by atoms with Crippen LogP contribution in [0.25, 0.3) is 11.4 Å². The van der Waals surface area contributed by atoms with E-state index >= 15 is 0 Å². The number of anilines is 1. The summed E-state index contributed by atoms with van der Waals surface area (Å²) in [6.45, 7) is 3.53. The van der Waals surface area contributed by atoms with Gasteiger partial charge in [-0.05, 0) is 42.0 Å². The van der Waals surface area contributed by atoms with E-state index in [-0.39, 0.29) is 11.9 Å². The van der Waals surface area contributed by atoms with E-state index < -0.39 is 0 Å². The number of rotatable bonds is 3. The molecule has 1 aromatic heterocycles. The first-order valence-corrected chi connectivity index (χ1v) is 6.58. The van der Waals surface area contributed by atoms with E-state index in [1.807, 2.05) is 0 Å². The average Bonchev–Trinajstić information content (AvgIpc) is 3.09. The molecule has 0 saturated carbocycles. The number of hydrogen-bond donors (Lipinski definition) is 1. The molecule has 1 aliphatic rings. The Morgan fingerprint density at radius 1 is 1.50 bits per heavy atom. The quantitative estimate of drug-likeness (QED) is 0.863. The van der Waals surface area contributed by atoms with Gasteiger partial charge in [0.15, 0.2) is 5.82 Å². The first-order valence-electron chi connectivity index (χ1n) is 6.58. The van der Waals surface area contributed by atoms with Gasteiger partial charge in [0, 0.05) is 23.8 Å². The molecule has 2 atom stereocenters. The number of nitrogens with zero attached hydrogens (tertiary/aromatic N) is 4. The summed E-state index contributed by atoms with van der Waals surface area (Å²) >= 11 is 0. The molecule has 2 unspecified atom stereocenters. The summed E-state index contributed by atoms with van der Waals surface area (Å²) in [5.41, 5.74) is 6.83. The lowest BCUT2D eigenvalue weighted by Crippen LogP contribution is -2.19. The number of nitrogen functional groups attached to an aromatic ring is 1. The number of nitrogens with two attached hydrogens (primary N) is 1. The minimum absolute atomic E-state index is 0.104. The van der Waals surface area contributed by atoms with E-state index in [2.05, 4.69) is 22.4 Å². The van der Waals surface area contributed by atoms with Gasteiger partial charge in [-0.15, -0.1) is 5.10 Å². The second-order valence-electron chi connectivity index (χ2n) is 5.04. The molecule has 1 saturated heterocycles. The molecule has 2 aromatic rings. The molecule has 1 aliphatic heterocycles. The van der Waals surface area contributed by atoms with Crippen LogP contribution in [0.1, 0.15) is 19.4 Å². The second kappa shape index (κ2) is 5.16. The summed E-state index contributed by atoms with van der Waals surface area (Å²) in [7, 11) is 0. The Bertz CT molecular complexity index is 609. The molecule has 2 heterocycles. The van der Waals surface area contributed by atoms with Gasteiger partial charge < -0.3 is 10.5 Å². The van der Waals surface area contributed by atoms with Crippen molar-refractivity contribution in [3.63, 3.8) is 0 Å². The largest absolute Gasteiger partial charge is 0.398 e. The lowest BCUT2D eigenvalue weighted by atomic mass is 10.0. The monoisotopic (exact) mass is 277 g/mol. The molecular weight excluding hydrogens is 261 g/mol. The van der Waals surface area contributed by atoms with Crippen LogP contribution in [-0.4, -0.2) is 33.4 Å². The zero-order valence-electron chi connectivity index (χ0n) is 11.2. The van der Waals surface area contributed by atoms with Crippen LogP contribution in [0, 0.1) is 11.7 Å². The molecule has 2 N–H and O–H groups in total. The fraction of sp³-hybridized carbons (Fsp3) is 0.462. The number of aromatic nitrogens is 4. The Balaban J connectivity index is 1.97. The maximum absolute atomic E-state index is 13.1. The molecule has 0 bridgehead atoms. The minimum Gasteiger partial charge on any atom is -0.398 e. The van der Waals surface area contributed by atoms with Crippen molar-refractivity contribution in [2.45, 2.75) is 19.4 Å². The third-order valence-electron chi connectivity index (χ3n) is 3.78. The third kappa shape index (κ3) is 2.24. The zero-order chi connectivity index (χ0) is 14.1. The van der Waals surface area contributed by atoms with E-state index in [4.69, 9.17) is 10.5 Å². The molecule has 0 amide bonds. The van der Waals surface area contributed by atoms with E-state index in [1.165, 1.54) is 12.1 Å². The number of hydrogen-bond acceptors (Lipinski definition) is 5. The lowest BCUT2D eigenvalue weighted by molar-refractivity contribution is 0.173. The van der Waals surface area contributed by atoms with Crippen LogP contribution in [0.2, 0.25) is 0 Å². The minimum atomic E-state index is -0.373. The summed E-state index contributed by atoms with van der Waals surface area (Å²) in [4.78, 5) is 0. The topological polar surface area (TPSA) is 78.8 Å². The molecule has 0 spiro atoms. The third-order valence-corrected chi connectivity index (χ3v) is 3.78. The van der Waals surface area contributed by atoms with Crippen LogP contribution in [0.4, 0.5) is 10.1 Å². The molecule has 1 aromatic carbocycles. The maximum Gasteiger partial charge on any atom is 0.184 e. The number of ether oxygens (including phenoxy) is 1. The van der Waals surface area contributed by atoms with Crippen molar-refractivity contribution in [1.82, 2.24) is 20.2 Å². The highest BCUT2D eigenvalue weighted by atomic mass is 19.1. The van der Waals surface area contributed by atoms with Crippen LogP contribution in [0.15, 0.2) is 18.2 Å². The highest BCUT2D eigenvalue weighted by Crippen LogP contribution is 2.30. The zero-order valence-corrected chi connectivity index (χ0v) is 11.2. The Morgan fingerprint density at radius 2 is 2.35 bits per heavy atom. The van der Waals surface area contributed by atoms with Crippen molar-refractivity contribution < 1.29 is 9.13 Å². The Kier molecular flexibility index (Phi) is 3.35. The summed E-state index contributed by atoms with van der Waals surface area (Å²) in [5, 5.41) is 11.8. The van der Waals surface area contributed by atoms with Gasteiger partial charge in [0.05, 0.1) is 12.6 Å². The molecule has 106 valence electrons. The normalized spacial score (nSPS) is 20.2. The van der Waals surface area contributed by atoms with Gasteiger partial charge in [-0.3, -0.25) is 0 Å². The first-order chi connectivity index (χ1) is 9.66. The van der Waals surface area contributed by atoms with Crippen molar-refractivity contribution in [2.75, 3.05) is 18.9 Å².